The minimum atomic E-state index is -0.453. The minimum absolute atomic E-state index is 0.0691. The summed E-state index contributed by atoms with van der Waals surface area (Å²) in [6.45, 7) is 0.877. The summed E-state index contributed by atoms with van der Waals surface area (Å²) in [6, 6.07) is 8.36. The zero-order chi connectivity index (χ0) is 15.5. The third-order valence-corrected chi connectivity index (χ3v) is 5.19. The molecule has 1 aliphatic heterocycles. The highest BCUT2D eigenvalue weighted by molar-refractivity contribution is 5.83. The highest BCUT2D eigenvalue weighted by atomic mass is 16.5. The number of likely N-dealkylation sites (N-methyl/N-ethyl adjacent to an activating group) is 1. The van der Waals surface area contributed by atoms with Crippen LogP contribution in [0.5, 0.6) is 0 Å². The van der Waals surface area contributed by atoms with Crippen molar-refractivity contribution in [3.63, 3.8) is 0 Å². The van der Waals surface area contributed by atoms with Gasteiger partial charge in [0.05, 0.1) is 6.61 Å². The SMILES string of the molecule is CN(C(=O)C1OCCc2ccccc21)C1CCC(CO)CC1. The molecule has 1 aromatic carbocycles. The molecule has 0 bridgehead atoms. The highest BCUT2D eigenvalue weighted by Gasteiger charge is 2.33. The molecule has 1 N–H and O–H groups in total. The van der Waals surface area contributed by atoms with Gasteiger partial charge in [0.25, 0.3) is 5.91 Å². The van der Waals surface area contributed by atoms with Gasteiger partial charge in [-0.05, 0) is 49.1 Å². The van der Waals surface area contributed by atoms with E-state index < -0.39 is 6.10 Å². The van der Waals surface area contributed by atoms with E-state index in [9.17, 15) is 9.90 Å². The van der Waals surface area contributed by atoms with Crippen LogP contribution in [0.1, 0.15) is 42.9 Å². The summed E-state index contributed by atoms with van der Waals surface area (Å²) >= 11 is 0. The third kappa shape index (κ3) is 3.03. The van der Waals surface area contributed by atoms with Gasteiger partial charge in [-0.1, -0.05) is 24.3 Å². The Morgan fingerprint density at radius 2 is 2.00 bits per heavy atom. The summed E-state index contributed by atoms with van der Waals surface area (Å²) in [5.74, 6) is 0.478. The van der Waals surface area contributed by atoms with E-state index in [4.69, 9.17) is 4.74 Å². The molecule has 0 spiro atoms. The first-order chi connectivity index (χ1) is 10.7. The fourth-order valence-electron chi connectivity index (χ4n) is 3.68. The van der Waals surface area contributed by atoms with E-state index in [0.717, 1.165) is 37.7 Å². The number of ether oxygens (including phenoxy) is 1. The number of hydrogen-bond acceptors (Lipinski definition) is 3. The fourth-order valence-corrected chi connectivity index (χ4v) is 3.68. The molecule has 4 heteroatoms. The Morgan fingerprint density at radius 1 is 1.27 bits per heavy atom. The maximum atomic E-state index is 12.9. The van der Waals surface area contributed by atoms with Gasteiger partial charge in [0, 0.05) is 19.7 Å². The Labute approximate surface area is 132 Å². The van der Waals surface area contributed by atoms with Crippen molar-refractivity contribution in [2.24, 2.45) is 5.92 Å². The molecule has 3 rings (SSSR count). The van der Waals surface area contributed by atoms with Crippen molar-refractivity contribution < 1.29 is 14.6 Å². The number of benzene rings is 1. The second kappa shape index (κ2) is 6.80. The number of aliphatic hydroxyl groups excluding tert-OH is 1. The van der Waals surface area contributed by atoms with E-state index in [1.165, 1.54) is 5.56 Å². The van der Waals surface area contributed by atoms with Crippen LogP contribution in [-0.2, 0) is 16.0 Å². The smallest absolute Gasteiger partial charge is 0.256 e. The summed E-state index contributed by atoms with van der Waals surface area (Å²) in [7, 11) is 1.90. The molecule has 1 saturated carbocycles. The van der Waals surface area contributed by atoms with Gasteiger partial charge in [0.15, 0.2) is 6.10 Å². The molecule has 4 nitrogen and oxygen atoms in total. The Bertz CT molecular complexity index is 523. The Kier molecular flexibility index (Phi) is 4.79. The van der Waals surface area contributed by atoms with E-state index in [1.807, 2.05) is 30.1 Å². The predicted octanol–water partition coefficient (Wildman–Crippen LogP) is 2.31. The summed E-state index contributed by atoms with van der Waals surface area (Å²) in [5, 5.41) is 9.24. The molecule has 1 heterocycles. The van der Waals surface area contributed by atoms with Gasteiger partial charge in [-0.15, -0.1) is 0 Å². The average Bonchev–Trinajstić information content (AvgIpc) is 2.60. The van der Waals surface area contributed by atoms with Crippen LogP contribution >= 0.6 is 0 Å². The van der Waals surface area contributed by atoms with Gasteiger partial charge in [-0.3, -0.25) is 4.79 Å². The van der Waals surface area contributed by atoms with Gasteiger partial charge in [-0.25, -0.2) is 0 Å². The Hall–Kier alpha value is -1.39. The molecule has 0 radical (unpaired) electrons. The number of fused-ring (bicyclic) bond motifs is 1. The van der Waals surface area contributed by atoms with Crippen molar-refractivity contribution in [2.45, 2.75) is 44.2 Å². The Morgan fingerprint density at radius 3 is 2.73 bits per heavy atom. The van der Waals surface area contributed by atoms with Crippen molar-refractivity contribution >= 4 is 5.91 Å². The van der Waals surface area contributed by atoms with Crippen LogP contribution in [0, 0.1) is 5.92 Å². The summed E-state index contributed by atoms with van der Waals surface area (Å²) in [4.78, 5) is 14.7. The molecular weight excluding hydrogens is 278 g/mol. The van der Waals surface area contributed by atoms with Crippen molar-refractivity contribution in [1.29, 1.82) is 0 Å². The lowest BCUT2D eigenvalue weighted by Crippen LogP contribution is -2.43. The Balaban J connectivity index is 1.69. The topological polar surface area (TPSA) is 49.8 Å². The molecule has 1 unspecified atom stereocenters. The molecular formula is C18H25NO3. The summed E-state index contributed by atoms with van der Waals surface area (Å²) < 4.78 is 5.79. The van der Waals surface area contributed by atoms with Gasteiger partial charge >= 0.3 is 0 Å². The maximum Gasteiger partial charge on any atom is 0.256 e. The molecule has 1 atom stereocenters. The van der Waals surface area contributed by atoms with Crippen molar-refractivity contribution in [3.8, 4) is 0 Å². The van der Waals surface area contributed by atoms with Gasteiger partial charge < -0.3 is 14.7 Å². The predicted molar refractivity (Wildman–Crippen MR) is 84.4 cm³/mol. The molecule has 0 aromatic heterocycles. The van der Waals surface area contributed by atoms with Crippen molar-refractivity contribution in [3.05, 3.63) is 35.4 Å². The first-order valence-electron chi connectivity index (χ1n) is 8.27. The molecule has 2 aliphatic rings. The molecule has 120 valence electrons. The summed E-state index contributed by atoms with van der Waals surface area (Å²) in [5.41, 5.74) is 2.25. The van der Waals surface area contributed by atoms with Gasteiger partial charge in [-0.2, -0.15) is 0 Å². The lowest BCUT2D eigenvalue weighted by atomic mass is 9.85. The average molecular weight is 303 g/mol. The van der Waals surface area contributed by atoms with E-state index in [1.54, 1.807) is 0 Å². The van der Waals surface area contributed by atoms with Gasteiger partial charge in [0.2, 0.25) is 0 Å². The minimum Gasteiger partial charge on any atom is -0.396 e. The monoisotopic (exact) mass is 303 g/mol. The second-order valence-electron chi connectivity index (χ2n) is 6.51. The maximum absolute atomic E-state index is 12.9. The van der Waals surface area contributed by atoms with E-state index in [0.29, 0.717) is 12.5 Å². The fraction of sp³-hybridized carbons (Fsp3) is 0.611. The second-order valence-corrected chi connectivity index (χ2v) is 6.51. The molecule has 1 fully saturated rings. The largest absolute Gasteiger partial charge is 0.396 e. The van der Waals surface area contributed by atoms with Crippen LogP contribution < -0.4 is 0 Å². The normalized spacial score (nSPS) is 28.0. The lowest BCUT2D eigenvalue weighted by molar-refractivity contribution is -0.146. The zero-order valence-electron chi connectivity index (χ0n) is 13.2. The first-order valence-corrected chi connectivity index (χ1v) is 8.27. The number of aliphatic hydroxyl groups is 1. The third-order valence-electron chi connectivity index (χ3n) is 5.19. The molecule has 1 amide bonds. The number of hydrogen-bond donors (Lipinski definition) is 1. The number of carbonyl (C=O) groups excluding carboxylic acids is 1. The van der Waals surface area contributed by atoms with Gasteiger partial charge in [0.1, 0.15) is 0 Å². The molecule has 1 aliphatic carbocycles. The number of carbonyl (C=O) groups is 1. The number of amides is 1. The molecule has 22 heavy (non-hydrogen) atoms. The standard InChI is InChI=1S/C18H25NO3/c1-19(15-8-6-13(12-20)7-9-15)18(21)17-16-5-3-2-4-14(16)10-11-22-17/h2-5,13,15,17,20H,6-12H2,1H3. The van der Waals surface area contributed by atoms with Crippen LogP contribution in [0.15, 0.2) is 24.3 Å². The lowest BCUT2D eigenvalue weighted by Gasteiger charge is -2.37. The van der Waals surface area contributed by atoms with E-state index >= 15 is 0 Å². The number of nitrogens with zero attached hydrogens (tertiary/aromatic N) is 1. The van der Waals surface area contributed by atoms with Crippen LogP contribution in [0.3, 0.4) is 0 Å². The van der Waals surface area contributed by atoms with Crippen LogP contribution in [-0.4, -0.2) is 42.2 Å². The van der Waals surface area contributed by atoms with Crippen LogP contribution in [0.25, 0.3) is 0 Å². The van der Waals surface area contributed by atoms with Crippen molar-refractivity contribution in [1.82, 2.24) is 4.90 Å². The van der Waals surface area contributed by atoms with Crippen LogP contribution in [0.2, 0.25) is 0 Å². The number of rotatable bonds is 3. The van der Waals surface area contributed by atoms with E-state index in [-0.39, 0.29) is 18.6 Å². The molecule has 1 aromatic rings. The summed E-state index contributed by atoms with van der Waals surface area (Å²) in [6.07, 6.45) is 4.38. The quantitative estimate of drug-likeness (QED) is 0.932. The molecule has 0 saturated heterocycles. The van der Waals surface area contributed by atoms with E-state index in [2.05, 4.69) is 6.07 Å². The first kappa shape index (κ1) is 15.5. The zero-order valence-corrected chi connectivity index (χ0v) is 13.2. The van der Waals surface area contributed by atoms with Crippen molar-refractivity contribution in [2.75, 3.05) is 20.3 Å². The van der Waals surface area contributed by atoms with Crippen LogP contribution in [0.4, 0.5) is 0 Å². The highest BCUT2D eigenvalue weighted by Crippen LogP contribution is 2.32.